The maximum absolute atomic E-state index is 13.2. The predicted octanol–water partition coefficient (Wildman–Crippen LogP) is 1.24. The molecule has 3 rings (SSSR count). The molecule has 2 atom stereocenters. The van der Waals surface area contributed by atoms with E-state index in [0.29, 0.717) is 19.8 Å². The van der Waals surface area contributed by atoms with Gasteiger partial charge >= 0.3 is 0 Å². The number of hydrogen-bond donors (Lipinski definition) is 0. The summed E-state index contributed by atoms with van der Waals surface area (Å²) in [5.41, 5.74) is 0.273. The van der Waals surface area contributed by atoms with Gasteiger partial charge in [-0.25, -0.2) is 4.39 Å². The van der Waals surface area contributed by atoms with Gasteiger partial charge in [0.2, 0.25) is 0 Å². The lowest BCUT2D eigenvalue weighted by atomic mass is 10.0. The Morgan fingerprint density at radius 3 is 3.05 bits per heavy atom. The first-order valence-corrected chi connectivity index (χ1v) is 6.86. The molecule has 2 saturated heterocycles. The van der Waals surface area contributed by atoms with E-state index >= 15 is 0 Å². The third kappa shape index (κ3) is 2.66. The Balaban J connectivity index is 1.80. The van der Waals surface area contributed by atoms with Crippen molar-refractivity contribution in [2.45, 2.75) is 25.0 Å². The van der Waals surface area contributed by atoms with Crippen molar-refractivity contribution in [1.82, 2.24) is 9.88 Å². The van der Waals surface area contributed by atoms with E-state index in [-0.39, 0.29) is 23.6 Å². The summed E-state index contributed by atoms with van der Waals surface area (Å²) in [5, 5.41) is 0. The van der Waals surface area contributed by atoms with Crippen LogP contribution in [0.4, 0.5) is 4.39 Å². The molecule has 20 heavy (non-hydrogen) atoms. The zero-order valence-corrected chi connectivity index (χ0v) is 11.1. The van der Waals surface area contributed by atoms with Gasteiger partial charge in [0.05, 0.1) is 37.1 Å². The molecule has 0 radical (unpaired) electrons. The number of amides is 1. The summed E-state index contributed by atoms with van der Waals surface area (Å²) in [7, 11) is 0. The number of carbonyl (C=O) groups excluding carboxylic acids is 1. The van der Waals surface area contributed by atoms with E-state index in [2.05, 4.69) is 4.98 Å². The van der Waals surface area contributed by atoms with E-state index in [1.54, 1.807) is 4.90 Å². The molecule has 1 aromatic rings. The molecule has 0 aliphatic carbocycles. The van der Waals surface area contributed by atoms with Gasteiger partial charge in [-0.05, 0) is 18.9 Å². The van der Waals surface area contributed by atoms with Crippen LogP contribution in [0, 0.1) is 5.82 Å². The van der Waals surface area contributed by atoms with Crippen LogP contribution in [0.2, 0.25) is 0 Å². The third-order valence-corrected chi connectivity index (χ3v) is 3.77. The number of pyridine rings is 1. The summed E-state index contributed by atoms with van der Waals surface area (Å²) in [5.74, 6) is -0.710. The molecule has 3 heterocycles. The van der Waals surface area contributed by atoms with Gasteiger partial charge < -0.3 is 14.4 Å². The number of hydrogen-bond acceptors (Lipinski definition) is 4. The number of aromatic nitrogens is 1. The van der Waals surface area contributed by atoms with Gasteiger partial charge in [0, 0.05) is 19.3 Å². The van der Waals surface area contributed by atoms with E-state index in [9.17, 15) is 9.18 Å². The monoisotopic (exact) mass is 280 g/mol. The van der Waals surface area contributed by atoms with Crippen LogP contribution in [-0.4, -0.2) is 54.3 Å². The molecule has 0 N–H and O–H groups in total. The summed E-state index contributed by atoms with van der Waals surface area (Å²) in [6.45, 7) is 2.20. The molecule has 0 bridgehead atoms. The fourth-order valence-corrected chi connectivity index (χ4v) is 2.78. The second-order valence-corrected chi connectivity index (χ2v) is 5.08. The van der Waals surface area contributed by atoms with E-state index in [1.807, 2.05) is 0 Å². The summed E-state index contributed by atoms with van der Waals surface area (Å²) in [6.07, 6.45) is 4.44. The van der Waals surface area contributed by atoms with Crippen LogP contribution >= 0.6 is 0 Å². The summed E-state index contributed by atoms with van der Waals surface area (Å²) < 4.78 is 24.3. The van der Waals surface area contributed by atoms with Gasteiger partial charge in [-0.2, -0.15) is 0 Å². The van der Waals surface area contributed by atoms with E-state index in [4.69, 9.17) is 9.47 Å². The largest absolute Gasteiger partial charge is 0.377 e. The Labute approximate surface area is 116 Å². The SMILES string of the molecule is O=C(c1cncc(F)c1)N1CCOCC1C1CCCO1. The number of morpholine rings is 1. The lowest BCUT2D eigenvalue weighted by Crippen LogP contribution is -2.54. The molecule has 2 aliphatic heterocycles. The molecule has 6 heteroatoms. The van der Waals surface area contributed by atoms with Crippen LogP contribution in [0.3, 0.4) is 0 Å². The standard InChI is InChI=1S/C14H17FN2O3/c15-11-6-10(7-16-8-11)14(18)17-3-5-19-9-12(17)13-2-1-4-20-13/h6-8,12-13H,1-5,9H2. The van der Waals surface area contributed by atoms with Gasteiger partial charge in [0.15, 0.2) is 0 Å². The second kappa shape index (κ2) is 5.85. The van der Waals surface area contributed by atoms with Gasteiger partial charge in [-0.3, -0.25) is 9.78 Å². The van der Waals surface area contributed by atoms with E-state index in [0.717, 1.165) is 25.6 Å². The summed E-state index contributed by atoms with van der Waals surface area (Å²) in [6, 6.07) is 1.12. The van der Waals surface area contributed by atoms with Crippen LogP contribution in [0.1, 0.15) is 23.2 Å². The fraction of sp³-hybridized carbons (Fsp3) is 0.571. The van der Waals surface area contributed by atoms with Crippen molar-refractivity contribution >= 4 is 5.91 Å². The number of nitrogens with zero attached hydrogens (tertiary/aromatic N) is 2. The highest BCUT2D eigenvalue weighted by Crippen LogP contribution is 2.23. The quantitative estimate of drug-likeness (QED) is 0.818. The van der Waals surface area contributed by atoms with Gasteiger partial charge in [0.1, 0.15) is 5.82 Å². The zero-order chi connectivity index (χ0) is 13.9. The highest BCUT2D eigenvalue weighted by Gasteiger charge is 2.36. The first-order chi connectivity index (χ1) is 9.75. The lowest BCUT2D eigenvalue weighted by molar-refractivity contribution is -0.0531. The number of ether oxygens (including phenoxy) is 2. The smallest absolute Gasteiger partial charge is 0.256 e. The minimum atomic E-state index is -0.502. The molecule has 2 fully saturated rings. The predicted molar refractivity (Wildman–Crippen MR) is 68.8 cm³/mol. The normalized spacial score (nSPS) is 26.8. The van der Waals surface area contributed by atoms with Crippen LogP contribution in [-0.2, 0) is 9.47 Å². The molecule has 5 nitrogen and oxygen atoms in total. The Kier molecular flexibility index (Phi) is 3.93. The maximum atomic E-state index is 13.2. The van der Waals surface area contributed by atoms with Gasteiger partial charge in [0.25, 0.3) is 5.91 Å². The van der Waals surface area contributed by atoms with Crippen LogP contribution < -0.4 is 0 Å². The van der Waals surface area contributed by atoms with Crippen molar-refractivity contribution in [1.29, 1.82) is 0 Å². The van der Waals surface area contributed by atoms with Crippen molar-refractivity contribution < 1.29 is 18.7 Å². The number of carbonyl (C=O) groups is 1. The van der Waals surface area contributed by atoms with Crippen LogP contribution in [0.5, 0.6) is 0 Å². The van der Waals surface area contributed by atoms with Crippen molar-refractivity contribution in [3.63, 3.8) is 0 Å². The average Bonchev–Trinajstić information content (AvgIpc) is 3.00. The zero-order valence-electron chi connectivity index (χ0n) is 11.1. The van der Waals surface area contributed by atoms with E-state index < -0.39 is 5.82 Å². The Morgan fingerprint density at radius 2 is 2.30 bits per heavy atom. The number of rotatable bonds is 2. The topological polar surface area (TPSA) is 51.7 Å². The Hall–Kier alpha value is -1.53. The lowest BCUT2D eigenvalue weighted by Gasteiger charge is -2.38. The summed E-state index contributed by atoms with van der Waals surface area (Å²) in [4.78, 5) is 18.0. The van der Waals surface area contributed by atoms with Gasteiger partial charge in [-0.15, -0.1) is 0 Å². The third-order valence-electron chi connectivity index (χ3n) is 3.77. The van der Waals surface area contributed by atoms with Crippen molar-refractivity contribution in [2.75, 3.05) is 26.4 Å². The maximum Gasteiger partial charge on any atom is 0.256 e. The molecule has 108 valence electrons. The molecule has 1 aromatic heterocycles. The molecule has 0 saturated carbocycles. The van der Waals surface area contributed by atoms with Gasteiger partial charge in [-0.1, -0.05) is 0 Å². The van der Waals surface area contributed by atoms with Crippen LogP contribution in [0.25, 0.3) is 0 Å². The highest BCUT2D eigenvalue weighted by molar-refractivity contribution is 5.94. The molecule has 2 unspecified atom stereocenters. The Bertz CT molecular complexity index is 491. The van der Waals surface area contributed by atoms with E-state index in [1.165, 1.54) is 12.3 Å². The van der Waals surface area contributed by atoms with Crippen molar-refractivity contribution in [2.24, 2.45) is 0 Å². The summed E-state index contributed by atoms with van der Waals surface area (Å²) >= 11 is 0. The molecule has 2 aliphatic rings. The molecular formula is C14H17FN2O3. The van der Waals surface area contributed by atoms with Crippen molar-refractivity contribution in [3.8, 4) is 0 Å². The average molecular weight is 280 g/mol. The fourth-order valence-electron chi connectivity index (χ4n) is 2.78. The Morgan fingerprint density at radius 1 is 1.40 bits per heavy atom. The van der Waals surface area contributed by atoms with Crippen molar-refractivity contribution in [3.05, 3.63) is 29.8 Å². The number of halogens is 1. The second-order valence-electron chi connectivity index (χ2n) is 5.08. The minimum Gasteiger partial charge on any atom is -0.377 e. The minimum absolute atomic E-state index is 0.0146. The molecule has 0 aromatic carbocycles. The molecule has 0 spiro atoms. The first kappa shape index (κ1) is 13.5. The molecule has 1 amide bonds. The highest BCUT2D eigenvalue weighted by atomic mass is 19.1. The van der Waals surface area contributed by atoms with Crippen LogP contribution in [0.15, 0.2) is 18.5 Å². The molecular weight excluding hydrogens is 263 g/mol. The first-order valence-electron chi connectivity index (χ1n) is 6.86.